The summed E-state index contributed by atoms with van der Waals surface area (Å²) in [5.74, 6) is 0.212. The number of ether oxygens (including phenoxy) is 3. The van der Waals surface area contributed by atoms with Crippen LogP contribution in [0.4, 0.5) is 0 Å². The molecule has 1 spiro atoms. The third-order valence-corrected chi connectivity index (χ3v) is 3.34. The third kappa shape index (κ3) is 1.88. The van der Waals surface area contributed by atoms with Crippen LogP contribution >= 0.6 is 0 Å². The Bertz CT molecular complexity index is 263. The zero-order valence-corrected chi connectivity index (χ0v) is 9.49. The van der Waals surface area contributed by atoms with Crippen molar-refractivity contribution in [3.05, 3.63) is 0 Å². The summed E-state index contributed by atoms with van der Waals surface area (Å²) in [6, 6.07) is 0. The Morgan fingerprint density at radius 3 is 2.87 bits per heavy atom. The predicted octanol–water partition coefficient (Wildman–Crippen LogP) is 1.13. The van der Waals surface area contributed by atoms with Crippen molar-refractivity contribution >= 4 is 5.97 Å². The van der Waals surface area contributed by atoms with E-state index in [4.69, 9.17) is 14.2 Å². The Labute approximate surface area is 89.9 Å². The van der Waals surface area contributed by atoms with Crippen molar-refractivity contribution in [2.75, 3.05) is 13.7 Å². The van der Waals surface area contributed by atoms with Crippen molar-refractivity contribution in [2.45, 2.75) is 44.5 Å². The molecule has 2 aliphatic rings. The van der Waals surface area contributed by atoms with Crippen LogP contribution in [0.25, 0.3) is 0 Å². The molecule has 3 atom stereocenters. The van der Waals surface area contributed by atoms with Gasteiger partial charge in [-0.15, -0.1) is 0 Å². The van der Waals surface area contributed by atoms with Gasteiger partial charge < -0.3 is 14.2 Å². The second-order valence-electron chi connectivity index (χ2n) is 4.69. The maximum absolute atomic E-state index is 11.3. The highest BCUT2D eigenvalue weighted by molar-refractivity contribution is 5.79. The van der Waals surface area contributed by atoms with E-state index in [1.807, 2.05) is 0 Å². The van der Waals surface area contributed by atoms with Crippen molar-refractivity contribution in [3.8, 4) is 0 Å². The molecule has 0 saturated carbocycles. The summed E-state index contributed by atoms with van der Waals surface area (Å²) in [5, 5.41) is 0. The summed E-state index contributed by atoms with van der Waals surface area (Å²) in [4.78, 5) is 11.3. The first kappa shape index (κ1) is 10.9. The molecule has 2 aliphatic heterocycles. The summed E-state index contributed by atoms with van der Waals surface area (Å²) < 4.78 is 15.9. The minimum Gasteiger partial charge on any atom is -0.467 e. The minimum absolute atomic E-state index is 0.202. The molecule has 2 fully saturated rings. The highest BCUT2D eigenvalue weighted by Gasteiger charge is 2.63. The van der Waals surface area contributed by atoms with E-state index in [0.29, 0.717) is 12.5 Å². The van der Waals surface area contributed by atoms with E-state index >= 15 is 0 Å². The molecule has 0 radical (unpaired) electrons. The second kappa shape index (κ2) is 3.76. The van der Waals surface area contributed by atoms with E-state index in [1.54, 1.807) is 0 Å². The van der Waals surface area contributed by atoms with Crippen molar-refractivity contribution in [1.29, 1.82) is 0 Å². The standard InChI is InChI=1S/C11H18O4/c1-7(2)8-6-11(4-5-14-8)9(15-11)10(12)13-3/h7-9H,4-6H2,1-3H3. The average Bonchev–Trinajstić information content (AvgIpc) is 2.91. The largest absolute Gasteiger partial charge is 0.467 e. The van der Waals surface area contributed by atoms with Crippen molar-refractivity contribution in [1.82, 2.24) is 0 Å². The van der Waals surface area contributed by atoms with Crippen molar-refractivity contribution < 1.29 is 19.0 Å². The van der Waals surface area contributed by atoms with Crippen LogP contribution in [0.1, 0.15) is 26.7 Å². The van der Waals surface area contributed by atoms with Crippen LogP contribution in [0.3, 0.4) is 0 Å². The van der Waals surface area contributed by atoms with Crippen LogP contribution in [-0.2, 0) is 19.0 Å². The molecule has 86 valence electrons. The Morgan fingerprint density at radius 1 is 1.53 bits per heavy atom. The first-order valence-corrected chi connectivity index (χ1v) is 5.46. The number of methoxy groups -OCH3 is 1. The summed E-state index contributed by atoms with van der Waals surface area (Å²) in [6.45, 7) is 4.93. The normalized spacial score (nSPS) is 39.5. The van der Waals surface area contributed by atoms with Gasteiger partial charge in [-0.05, 0) is 5.92 Å². The summed E-state index contributed by atoms with van der Waals surface area (Å²) >= 11 is 0. The number of carbonyl (C=O) groups is 1. The molecular formula is C11H18O4. The fourth-order valence-corrected chi connectivity index (χ4v) is 2.23. The van der Waals surface area contributed by atoms with E-state index in [1.165, 1.54) is 7.11 Å². The molecule has 2 saturated heterocycles. The van der Waals surface area contributed by atoms with E-state index in [-0.39, 0.29) is 23.8 Å². The Hall–Kier alpha value is -0.610. The molecular weight excluding hydrogens is 196 g/mol. The summed E-state index contributed by atoms with van der Waals surface area (Å²) in [6.07, 6.45) is 1.46. The van der Waals surface area contributed by atoms with Gasteiger partial charge in [0, 0.05) is 19.4 Å². The molecule has 2 rings (SSSR count). The summed E-state index contributed by atoms with van der Waals surface area (Å²) in [7, 11) is 1.40. The molecule has 3 unspecified atom stereocenters. The average molecular weight is 214 g/mol. The SMILES string of the molecule is COC(=O)C1OC12CCOC(C(C)C)C2. The van der Waals surface area contributed by atoms with Crippen molar-refractivity contribution in [2.24, 2.45) is 5.92 Å². The maximum atomic E-state index is 11.3. The first-order chi connectivity index (χ1) is 7.09. The van der Waals surface area contributed by atoms with Crippen LogP contribution in [-0.4, -0.2) is 37.5 Å². The topological polar surface area (TPSA) is 48.1 Å². The number of epoxide rings is 1. The Morgan fingerprint density at radius 2 is 2.27 bits per heavy atom. The van der Waals surface area contributed by atoms with Crippen LogP contribution in [0.15, 0.2) is 0 Å². The van der Waals surface area contributed by atoms with Gasteiger partial charge in [-0.1, -0.05) is 13.8 Å². The molecule has 0 aliphatic carbocycles. The monoisotopic (exact) mass is 214 g/mol. The Kier molecular flexibility index (Phi) is 2.73. The Balaban J connectivity index is 1.97. The van der Waals surface area contributed by atoms with E-state index in [0.717, 1.165) is 12.8 Å². The lowest BCUT2D eigenvalue weighted by Gasteiger charge is -2.30. The maximum Gasteiger partial charge on any atom is 0.338 e. The van der Waals surface area contributed by atoms with E-state index in [2.05, 4.69) is 13.8 Å². The molecule has 0 bridgehead atoms. The first-order valence-electron chi connectivity index (χ1n) is 5.46. The minimum atomic E-state index is -0.354. The van der Waals surface area contributed by atoms with Gasteiger partial charge in [-0.2, -0.15) is 0 Å². The van der Waals surface area contributed by atoms with Crippen LogP contribution < -0.4 is 0 Å². The molecule has 0 aromatic heterocycles. The molecule has 0 aromatic carbocycles. The van der Waals surface area contributed by atoms with Gasteiger partial charge in [-0.3, -0.25) is 0 Å². The van der Waals surface area contributed by atoms with Gasteiger partial charge in [0.2, 0.25) is 0 Å². The number of hydrogen-bond acceptors (Lipinski definition) is 4. The number of hydrogen-bond donors (Lipinski definition) is 0. The molecule has 4 nitrogen and oxygen atoms in total. The summed E-state index contributed by atoms with van der Waals surface area (Å²) in [5.41, 5.74) is -0.277. The van der Waals surface area contributed by atoms with Gasteiger partial charge in [0.1, 0.15) is 5.60 Å². The fourth-order valence-electron chi connectivity index (χ4n) is 2.23. The fraction of sp³-hybridized carbons (Fsp3) is 0.909. The third-order valence-electron chi connectivity index (χ3n) is 3.34. The van der Waals surface area contributed by atoms with Gasteiger partial charge in [0.25, 0.3) is 0 Å². The smallest absolute Gasteiger partial charge is 0.338 e. The lowest BCUT2D eigenvalue weighted by Crippen LogP contribution is -2.37. The van der Waals surface area contributed by atoms with Gasteiger partial charge in [-0.25, -0.2) is 4.79 Å². The number of carbonyl (C=O) groups excluding carboxylic acids is 1. The molecule has 0 amide bonds. The lowest BCUT2D eigenvalue weighted by atomic mass is 9.87. The molecule has 0 aromatic rings. The van der Waals surface area contributed by atoms with Gasteiger partial charge in [0.15, 0.2) is 6.10 Å². The molecule has 15 heavy (non-hydrogen) atoms. The highest BCUT2D eigenvalue weighted by Crippen LogP contribution is 2.47. The quantitative estimate of drug-likeness (QED) is 0.510. The highest BCUT2D eigenvalue weighted by atomic mass is 16.7. The number of esters is 1. The van der Waals surface area contributed by atoms with Crippen LogP contribution in [0, 0.1) is 5.92 Å². The van der Waals surface area contributed by atoms with Gasteiger partial charge in [0.05, 0.1) is 13.2 Å². The lowest BCUT2D eigenvalue weighted by molar-refractivity contribution is -0.142. The van der Waals surface area contributed by atoms with Gasteiger partial charge >= 0.3 is 5.97 Å². The van der Waals surface area contributed by atoms with Crippen LogP contribution in [0.2, 0.25) is 0 Å². The predicted molar refractivity (Wildman–Crippen MR) is 53.4 cm³/mol. The number of rotatable bonds is 2. The zero-order valence-electron chi connectivity index (χ0n) is 9.49. The zero-order chi connectivity index (χ0) is 11.1. The molecule has 0 N–H and O–H groups in total. The van der Waals surface area contributed by atoms with Crippen molar-refractivity contribution in [3.63, 3.8) is 0 Å². The van der Waals surface area contributed by atoms with E-state index in [9.17, 15) is 4.79 Å². The second-order valence-corrected chi connectivity index (χ2v) is 4.69. The molecule has 4 heteroatoms. The molecule has 2 heterocycles. The van der Waals surface area contributed by atoms with E-state index < -0.39 is 0 Å². The van der Waals surface area contributed by atoms with Crippen LogP contribution in [0.5, 0.6) is 0 Å².